The molecule has 0 aromatic rings. The molecule has 0 radical (unpaired) electrons. The van der Waals surface area contributed by atoms with Crippen molar-refractivity contribution in [3.63, 3.8) is 0 Å². The minimum atomic E-state index is -0.579. The summed E-state index contributed by atoms with van der Waals surface area (Å²) < 4.78 is 0. The lowest BCUT2D eigenvalue weighted by molar-refractivity contribution is -0.139. The Kier molecular flexibility index (Phi) is 1.59. The van der Waals surface area contributed by atoms with E-state index in [1.54, 1.807) is 0 Å². The summed E-state index contributed by atoms with van der Waals surface area (Å²) in [5.41, 5.74) is 0.593. The molecular formula is C11H18O2. The summed E-state index contributed by atoms with van der Waals surface area (Å²) in [4.78, 5) is 10.9. The van der Waals surface area contributed by atoms with Gasteiger partial charge in [0, 0.05) is 0 Å². The zero-order valence-corrected chi connectivity index (χ0v) is 8.63. The molecule has 2 nitrogen and oxygen atoms in total. The number of hydrogen-bond acceptors (Lipinski definition) is 1. The van der Waals surface area contributed by atoms with Crippen LogP contribution in [0.3, 0.4) is 0 Å². The Bertz CT molecular complexity index is 257. The summed E-state index contributed by atoms with van der Waals surface area (Å²) in [6.45, 7) is 6.65. The van der Waals surface area contributed by atoms with E-state index in [4.69, 9.17) is 5.11 Å². The molecule has 2 fully saturated rings. The van der Waals surface area contributed by atoms with Crippen molar-refractivity contribution in [2.75, 3.05) is 0 Å². The maximum atomic E-state index is 10.9. The first-order chi connectivity index (χ1) is 5.94. The summed E-state index contributed by atoms with van der Waals surface area (Å²) in [5.74, 6) is 0.0555. The number of carbonyl (C=O) groups is 1. The molecule has 0 bridgehead atoms. The summed E-state index contributed by atoms with van der Waals surface area (Å²) >= 11 is 0. The third-order valence-electron chi connectivity index (χ3n) is 4.28. The smallest absolute Gasteiger partial charge is 0.307 e. The van der Waals surface area contributed by atoms with Crippen molar-refractivity contribution in [2.45, 2.75) is 40.0 Å². The quantitative estimate of drug-likeness (QED) is 0.728. The first-order valence-corrected chi connectivity index (χ1v) is 5.17. The van der Waals surface area contributed by atoms with Crippen LogP contribution in [0, 0.1) is 22.7 Å². The summed E-state index contributed by atoms with van der Waals surface area (Å²) in [6, 6.07) is 0. The molecule has 0 aromatic carbocycles. The monoisotopic (exact) mass is 182 g/mol. The molecule has 3 atom stereocenters. The van der Waals surface area contributed by atoms with E-state index >= 15 is 0 Å². The average Bonchev–Trinajstić information content (AvgIpc) is 2.85. The van der Waals surface area contributed by atoms with Gasteiger partial charge in [-0.05, 0) is 36.0 Å². The fraction of sp³-hybridized carbons (Fsp3) is 0.909. The Morgan fingerprint density at radius 3 is 2.23 bits per heavy atom. The van der Waals surface area contributed by atoms with Crippen molar-refractivity contribution >= 4 is 5.97 Å². The van der Waals surface area contributed by atoms with E-state index in [1.165, 1.54) is 6.42 Å². The van der Waals surface area contributed by atoms with E-state index in [2.05, 4.69) is 20.8 Å². The van der Waals surface area contributed by atoms with Crippen LogP contribution < -0.4 is 0 Å². The molecule has 2 saturated carbocycles. The minimum absolute atomic E-state index is 0.0377. The van der Waals surface area contributed by atoms with E-state index in [1.807, 2.05) is 0 Å². The Hall–Kier alpha value is -0.530. The third kappa shape index (κ3) is 1.11. The predicted octanol–water partition coefficient (Wildman–Crippen LogP) is 2.53. The van der Waals surface area contributed by atoms with Crippen molar-refractivity contribution in [1.29, 1.82) is 0 Å². The molecule has 0 spiro atoms. The van der Waals surface area contributed by atoms with Crippen molar-refractivity contribution < 1.29 is 9.90 Å². The Morgan fingerprint density at radius 1 is 1.46 bits per heavy atom. The Morgan fingerprint density at radius 2 is 2.00 bits per heavy atom. The molecule has 2 heteroatoms. The van der Waals surface area contributed by atoms with E-state index in [0.717, 1.165) is 12.8 Å². The highest BCUT2D eigenvalue weighted by Crippen LogP contribution is 2.73. The van der Waals surface area contributed by atoms with Crippen molar-refractivity contribution in [3.8, 4) is 0 Å². The van der Waals surface area contributed by atoms with Crippen LogP contribution in [0.25, 0.3) is 0 Å². The van der Waals surface area contributed by atoms with Gasteiger partial charge in [-0.15, -0.1) is 0 Å². The van der Waals surface area contributed by atoms with Crippen LogP contribution in [-0.2, 0) is 4.79 Å². The fourth-order valence-corrected chi connectivity index (χ4v) is 3.13. The Balaban J connectivity index is 2.09. The second kappa shape index (κ2) is 2.28. The zero-order valence-electron chi connectivity index (χ0n) is 8.63. The van der Waals surface area contributed by atoms with Crippen molar-refractivity contribution in [1.82, 2.24) is 0 Å². The van der Waals surface area contributed by atoms with Gasteiger partial charge in [-0.2, -0.15) is 0 Å². The number of hydrogen-bond donors (Lipinski definition) is 1. The molecule has 13 heavy (non-hydrogen) atoms. The molecule has 0 amide bonds. The van der Waals surface area contributed by atoms with Crippen LogP contribution in [0.1, 0.15) is 40.0 Å². The second-order valence-electron chi connectivity index (χ2n) is 5.43. The lowest BCUT2D eigenvalue weighted by Crippen LogP contribution is -2.14. The van der Waals surface area contributed by atoms with Gasteiger partial charge in [-0.25, -0.2) is 0 Å². The summed E-state index contributed by atoms with van der Waals surface area (Å²) in [6.07, 6.45) is 3.19. The number of carboxylic acids is 1. The SMILES string of the molecule is CCC1(C2CC2(C)C)CC1C(=O)O. The van der Waals surface area contributed by atoms with Crippen LogP contribution >= 0.6 is 0 Å². The van der Waals surface area contributed by atoms with Gasteiger partial charge in [-0.3, -0.25) is 4.79 Å². The first-order valence-electron chi connectivity index (χ1n) is 5.17. The van der Waals surface area contributed by atoms with E-state index in [-0.39, 0.29) is 11.3 Å². The van der Waals surface area contributed by atoms with E-state index < -0.39 is 5.97 Å². The van der Waals surface area contributed by atoms with Crippen LogP contribution in [-0.4, -0.2) is 11.1 Å². The first kappa shape index (κ1) is 9.04. The molecule has 0 aromatic heterocycles. The second-order valence-corrected chi connectivity index (χ2v) is 5.43. The molecular weight excluding hydrogens is 164 g/mol. The highest BCUT2D eigenvalue weighted by molar-refractivity contribution is 5.75. The normalized spacial score (nSPS) is 45.8. The number of rotatable bonds is 3. The highest BCUT2D eigenvalue weighted by Gasteiger charge is 2.69. The van der Waals surface area contributed by atoms with Gasteiger partial charge in [0.2, 0.25) is 0 Å². The summed E-state index contributed by atoms with van der Waals surface area (Å²) in [5, 5.41) is 8.97. The standard InChI is InChI=1S/C11H18O2/c1-4-11(5-7(11)9(12)13)8-6-10(8,2)3/h7-8H,4-6H2,1-3H3,(H,12,13). The zero-order chi connectivity index (χ0) is 9.85. The molecule has 2 aliphatic carbocycles. The van der Waals surface area contributed by atoms with Crippen LogP contribution in [0.4, 0.5) is 0 Å². The van der Waals surface area contributed by atoms with E-state index in [9.17, 15) is 4.79 Å². The Labute approximate surface area is 79.3 Å². The topological polar surface area (TPSA) is 37.3 Å². The maximum absolute atomic E-state index is 10.9. The average molecular weight is 182 g/mol. The van der Waals surface area contributed by atoms with Gasteiger partial charge in [-0.1, -0.05) is 20.8 Å². The molecule has 3 unspecified atom stereocenters. The van der Waals surface area contributed by atoms with Gasteiger partial charge in [0.15, 0.2) is 0 Å². The van der Waals surface area contributed by atoms with Crippen molar-refractivity contribution in [2.24, 2.45) is 22.7 Å². The number of carboxylic acid groups (broad SMARTS) is 1. The highest BCUT2D eigenvalue weighted by atomic mass is 16.4. The van der Waals surface area contributed by atoms with Crippen LogP contribution in [0.2, 0.25) is 0 Å². The van der Waals surface area contributed by atoms with Crippen LogP contribution in [0.15, 0.2) is 0 Å². The molecule has 2 aliphatic rings. The maximum Gasteiger partial charge on any atom is 0.307 e. The molecule has 0 aliphatic heterocycles. The minimum Gasteiger partial charge on any atom is -0.481 e. The lowest BCUT2D eigenvalue weighted by atomic mass is 9.89. The lowest BCUT2D eigenvalue weighted by Gasteiger charge is -2.15. The van der Waals surface area contributed by atoms with Gasteiger partial charge >= 0.3 is 5.97 Å². The molecule has 2 rings (SSSR count). The van der Waals surface area contributed by atoms with E-state index in [0.29, 0.717) is 11.3 Å². The molecule has 0 saturated heterocycles. The van der Waals surface area contributed by atoms with Crippen LogP contribution in [0.5, 0.6) is 0 Å². The van der Waals surface area contributed by atoms with Gasteiger partial charge in [0.1, 0.15) is 0 Å². The largest absolute Gasteiger partial charge is 0.481 e. The third-order valence-corrected chi connectivity index (χ3v) is 4.28. The van der Waals surface area contributed by atoms with Gasteiger partial charge in [0.05, 0.1) is 5.92 Å². The van der Waals surface area contributed by atoms with Gasteiger partial charge in [0.25, 0.3) is 0 Å². The summed E-state index contributed by atoms with van der Waals surface area (Å²) in [7, 11) is 0. The fourth-order valence-electron chi connectivity index (χ4n) is 3.13. The molecule has 1 N–H and O–H groups in total. The number of aliphatic carboxylic acids is 1. The molecule has 74 valence electrons. The van der Waals surface area contributed by atoms with Gasteiger partial charge < -0.3 is 5.11 Å². The predicted molar refractivity (Wildman–Crippen MR) is 50.4 cm³/mol. The van der Waals surface area contributed by atoms with Crippen molar-refractivity contribution in [3.05, 3.63) is 0 Å². The molecule has 0 heterocycles.